The van der Waals surface area contributed by atoms with E-state index in [2.05, 4.69) is 34.5 Å². The highest BCUT2D eigenvalue weighted by atomic mass is 32.2. The van der Waals surface area contributed by atoms with Gasteiger partial charge in [0, 0.05) is 44.2 Å². The number of piperidine rings is 1. The number of ether oxygens (including phenoxy) is 1. The van der Waals surface area contributed by atoms with Crippen LogP contribution in [0.25, 0.3) is 0 Å². The molecule has 2 atom stereocenters. The molecular weight excluding hydrogens is 569 g/mol. The van der Waals surface area contributed by atoms with E-state index >= 15 is 0 Å². The molecule has 1 saturated carbocycles. The van der Waals surface area contributed by atoms with Crippen LogP contribution in [0.2, 0.25) is 0 Å². The van der Waals surface area contributed by atoms with E-state index in [-0.39, 0.29) is 17.9 Å². The van der Waals surface area contributed by atoms with Crippen molar-refractivity contribution in [2.45, 2.75) is 96.0 Å². The summed E-state index contributed by atoms with van der Waals surface area (Å²) in [5.74, 6) is 2.86. The van der Waals surface area contributed by atoms with E-state index < -0.39 is 23.8 Å². The lowest BCUT2D eigenvalue weighted by atomic mass is 9.91. The first-order valence-electron chi connectivity index (χ1n) is 15.6. The number of carbonyl (C=O) groups is 3. The lowest BCUT2D eigenvalue weighted by Crippen LogP contribution is -2.57. The average Bonchev–Trinajstić information content (AvgIpc) is 3.47. The van der Waals surface area contributed by atoms with Crippen LogP contribution < -0.4 is 5.32 Å². The molecule has 0 aromatic heterocycles. The summed E-state index contributed by atoms with van der Waals surface area (Å²) in [7, 11) is 1.89. The lowest BCUT2D eigenvalue weighted by molar-refractivity contribution is -0.138. The van der Waals surface area contributed by atoms with E-state index in [1.807, 2.05) is 38.8 Å². The van der Waals surface area contributed by atoms with Gasteiger partial charge in [-0.2, -0.15) is 11.8 Å². The molecule has 1 unspecified atom stereocenters. The quantitative estimate of drug-likeness (QED) is 0.385. The normalized spacial score (nSPS) is 21.6. The molecule has 42 heavy (non-hydrogen) atoms. The van der Waals surface area contributed by atoms with Gasteiger partial charge in [0.05, 0.1) is 5.88 Å². The number of carbonyl (C=O) groups excluding carboxylic acids is 3. The largest absolute Gasteiger partial charge is 0.444 e. The van der Waals surface area contributed by atoms with E-state index in [4.69, 9.17) is 4.74 Å². The Morgan fingerprint density at radius 3 is 2.43 bits per heavy atom. The van der Waals surface area contributed by atoms with E-state index in [1.165, 1.54) is 54.3 Å². The van der Waals surface area contributed by atoms with Gasteiger partial charge in [0.25, 0.3) is 0 Å². The van der Waals surface area contributed by atoms with E-state index in [0.717, 1.165) is 38.2 Å². The van der Waals surface area contributed by atoms with Crippen molar-refractivity contribution >= 4 is 41.4 Å². The molecule has 2 aliphatic heterocycles. The fraction of sp³-hybridized carbons (Fsp3) is 0.719. The molecule has 8 nitrogen and oxygen atoms in total. The highest BCUT2D eigenvalue weighted by molar-refractivity contribution is 7.99. The third-order valence-corrected chi connectivity index (χ3v) is 10.8. The molecule has 3 aliphatic rings. The van der Waals surface area contributed by atoms with Gasteiger partial charge < -0.3 is 15.0 Å². The third kappa shape index (κ3) is 9.81. The summed E-state index contributed by atoms with van der Waals surface area (Å²) in [6, 6.07) is 9.39. The van der Waals surface area contributed by atoms with E-state index in [0.29, 0.717) is 23.3 Å². The summed E-state index contributed by atoms with van der Waals surface area (Å²) in [4.78, 5) is 46.1. The van der Waals surface area contributed by atoms with Crippen molar-refractivity contribution in [3.63, 3.8) is 0 Å². The first kappa shape index (κ1) is 33.0. The Hall–Kier alpha value is -1.91. The number of likely N-dealkylation sites (N-methyl/N-ethyl adjacent to an activating group) is 1. The number of hydrogen-bond donors (Lipinski definition) is 1. The van der Waals surface area contributed by atoms with Gasteiger partial charge in [0.15, 0.2) is 0 Å². The highest BCUT2D eigenvalue weighted by Gasteiger charge is 2.39. The fourth-order valence-electron chi connectivity index (χ4n) is 6.04. The number of benzene rings is 1. The lowest BCUT2D eigenvalue weighted by Gasteiger charge is -2.38. The summed E-state index contributed by atoms with van der Waals surface area (Å²) in [5.41, 5.74) is 0.669. The Kier molecular flexibility index (Phi) is 12.3. The Morgan fingerprint density at radius 1 is 1.07 bits per heavy atom. The number of rotatable bonds is 10. The average molecular weight is 619 g/mol. The molecule has 3 amide bonds. The van der Waals surface area contributed by atoms with Crippen LogP contribution in [0.1, 0.15) is 71.3 Å². The van der Waals surface area contributed by atoms with Crippen LogP contribution in [0.3, 0.4) is 0 Å². The fourth-order valence-corrected chi connectivity index (χ4v) is 8.45. The van der Waals surface area contributed by atoms with Gasteiger partial charge in [-0.25, -0.2) is 4.79 Å². The molecule has 1 N–H and O–H groups in total. The van der Waals surface area contributed by atoms with Crippen molar-refractivity contribution in [2.75, 3.05) is 43.3 Å². The molecule has 2 heterocycles. The van der Waals surface area contributed by atoms with Gasteiger partial charge in [-0.1, -0.05) is 49.6 Å². The minimum atomic E-state index is -0.643. The number of nitrogens with zero attached hydrogens (tertiary/aromatic N) is 3. The van der Waals surface area contributed by atoms with Crippen molar-refractivity contribution in [2.24, 2.45) is 5.92 Å². The number of amides is 3. The van der Waals surface area contributed by atoms with Crippen LogP contribution in [0.4, 0.5) is 4.79 Å². The molecule has 234 valence electrons. The van der Waals surface area contributed by atoms with Gasteiger partial charge in [-0.15, -0.1) is 11.8 Å². The number of likely N-dealkylation sites (tertiary alicyclic amines) is 1. The second kappa shape index (κ2) is 15.7. The second-order valence-electron chi connectivity index (χ2n) is 13.0. The van der Waals surface area contributed by atoms with Crippen molar-refractivity contribution in [3.05, 3.63) is 35.9 Å². The van der Waals surface area contributed by atoms with Gasteiger partial charge in [0.2, 0.25) is 11.8 Å². The zero-order valence-electron chi connectivity index (χ0n) is 25.9. The van der Waals surface area contributed by atoms with Crippen molar-refractivity contribution < 1.29 is 19.1 Å². The third-order valence-electron chi connectivity index (χ3n) is 8.49. The first-order chi connectivity index (χ1) is 20.1. The summed E-state index contributed by atoms with van der Waals surface area (Å²) >= 11 is 3.31. The maximum atomic E-state index is 13.9. The Labute approximate surface area is 261 Å². The maximum absolute atomic E-state index is 13.9. The number of thioether (sulfide) groups is 2. The van der Waals surface area contributed by atoms with Crippen LogP contribution >= 0.6 is 23.5 Å². The predicted octanol–water partition coefficient (Wildman–Crippen LogP) is 5.22. The Balaban J connectivity index is 1.36. The highest BCUT2D eigenvalue weighted by Crippen LogP contribution is 2.28. The molecule has 1 aromatic rings. The Morgan fingerprint density at radius 2 is 1.76 bits per heavy atom. The minimum absolute atomic E-state index is 0.0320. The van der Waals surface area contributed by atoms with Crippen molar-refractivity contribution in [3.8, 4) is 0 Å². The second-order valence-corrected chi connectivity index (χ2v) is 15.1. The minimum Gasteiger partial charge on any atom is -0.444 e. The van der Waals surface area contributed by atoms with Gasteiger partial charge in [-0.3, -0.25) is 19.4 Å². The van der Waals surface area contributed by atoms with Crippen molar-refractivity contribution in [1.82, 2.24) is 20.0 Å². The SMILES string of the molecule is CN(C(=O)C(CSCC1CCCCC1)NC(=O)[C@@H]1CSCN1C(=O)OC(C)(C)C)C1CCN(Cc2ccccc2)CC1. The molecule has 0 bridgehead atoms. The molecule has 0 radical (unpaired) electrons. The zero-order valence-corrected chi connectivity index (χ0v) is 27.5. The van der Waals surface area contributed by atoms with E-state index in [1.54, 1.807) is 11.8 Å². The van der Waals surface area contributed by atoms with Crippen molar-refractivity contribution in [1.29, 1.82) is 0 Å². The molecule has 4 rings (SSSR count). The summed E-state index contributed by atoms with van der Waals surface area (Å²) in [6.45, 7) is 8.27. The number of hydrogen-bond acceptors (Lipinski definition) is 7. The zero-order chi connectivity index (χ0) is 30.1. The Bertz CT molecular complexity index is 1020. The molecule has 1 aromatic carbocycles. The topological polar surface area (TPSA) is 82.2 Å². The summed E-state index contributed by atoms with van der Waals surface area (Å²) in [6.07, 6.45) is 7.74. The van der Waals surface area contributed by atoms with Crippen LogP contribution in [-0.2, 0) is 20.9 Å². The molecule has 10 heteroatoms. The predicted molar refractivity (Wildman–Crippen MR) is 173 cm³/mol. The number of nitrogens with one attached hydrogen (secondary N) is 1. The van der Waals surface area contributed by atoms with Crippen LogP contribution in [0, 0.1) is 5.92 Å². The van der Waals surface area contributed by atoms with Crippen LogP contribution in [0.5, 0.6) is 0 Å². The standard InChI is InChI=1S/C32H50N4O4S2/c1-32(2,3)40-31(39)36-23-42-22-28(36)29(37)33-27(21-41-20-25-13-9-6-10-14-25)30(38)34(4)26-15-17-35(18-16-26)19-24-11-7-5-8-12-24/h5,7-8,11-12,25-28H,6,9-10,13-23H2,1-4H3,(H,33,37)/t27?,28-/m0/s1. The molecule has 1 aliphatic carbocycles. The molecule has 0 spiro atoms. The molecule has 2 saturated heterocycles. The van der Waals surface area contributed by atoms with Crippen LogP contribution in [-0.4, -0.2) is 99.6 Å². The van der Waals surface area contributed by atoms with Gasteiger partial charge in [-0.05, 0) is 63.7 Å². The monoisotopic (exact) mass is 618 g/mol. The maximum Gasteiger partial charge on any atom is 0.411 e. The summed E-state index contributed by atoms with van der Waals surface area (Å²) in [5, 5.41) is 3.08. The molecule has 3 fully saturated rings. The summed E-state index contributed by atoms with van der Waals surface area (Å²) < 4.78 is 5.56. The molecular formula is C32H50N4O4S2. The van der Waals surface area contributed by atoms with Crippen LogP contribution in [0.15, 0.2) is 30.3 Å². The first-order valence-corrected chi connectivity index (χ1v) is 17.9. The van der Waals surface area contributed by atoms with Gasteiger partial charge in [0.1, 0.15) is 17.7 Å². The van der Waals surface area contributed by atoms with E-state index in [9.17, 15) is 14.4 Å². The smallest absolute Gasteiger partial charge is 0.411 e. The van der Waals surface area contributed by atoms with Gasteiger partial charge >= 0.3 is 6.09 Å².